The predicted molar refractivity (Wildman–Crippen MR) is 62.0 cm³/mol. The van der Waals surface area contributed by atoms with Crippen molar-refractivity contribution in [3.05, 3.63) is 44.3 Å². The van der Waals surface area contributed by atoms with Crippen LogP contribution in [0.4, 0.5) is 5.69 Å². The second kappa shape index (κ2) is 6.34. The third-order valence-electron chi connectivity index (χ3n) is 2.10. The monoisotopic (exact) mass is 236 g/mol. The van der Waals surface area contributed by atoms with Crippen molar-refractivity contribution < 1.29 is 9.66 Å². The summed E-state index contributed by atoms with van der Waals surface area (Å²) in [6, 6.07) is 4.59. The van der Waals surface area contributed by atoms with Crippen LogP contribution in [0.3, 0.4) is 0 Å². The first-order chi connectivity index (χ1) is 8.15. The first kappa shape index (κ1) is 12.8. The largest absolute Gasteiger partial charge is 0.494 e. The Morgan fingerprint density at radius 2 is 2.35 bits per heavy atom. The standard InChI is InChI=1S/C10H12N4O3/c1-8-7-9(3-4-10(8)14(15)16)17-6-2-5-12-13-11/h3-4,7H,2,5-6H2,1H3. The van der Waals surface area contributed by atoms with Gasteiger partial charge in [0.1, 0.15) is 5.75 Å². The van der Waals surface area contributed by atoms with E-state index >= 15 is 0 Å². The van der Waals surface area contributed by atoms with Crippen LogP contribution in [0.5, 0.6) is 5.75 Å². The molecule has 0 aliphatic carbocycles. The maximum absolute atomic E-state index is 10.6. The van der Waals surface area contributed by atoms with E-state index in [9.17, 15) is 10.1 Å². The van der Waals surface area contributed by atoms with E-state index in [-0.39, 0.29) is 5.69 Å². The number of rotatable bonds is 6. The molecule has 0 heterocycles. The van der Waals surface area contributed by atoms with E-state index in [1.807, 2.05) is 0 Å². The van der Waals surface area contributed by atoms with Gasteiger partial charge in [0, 0.05) is 23.1 Å². The van der Waals surface area contributed by atoms with Gasteiger partial charge in [0.2, 0.25) is 0 Å². The fourth-order valence-corrected chi connectivity index (χ4v) is 1.29. The quantitative estimate of drug-likeness (QED) is 0.189. The van der Waals surface area contributed by atoms with Gasteiger partial charge in [0.25, 0.3) is 5.69 Å². The SMILES string of the molecule is Cc1cc(OCCCN=[N+]=[N-])ccc1[N+](=O)[O-]. The van der Waals surface area contributed by atoms with Crippen molar-refractivity contribution >= 4 is 5.69 Å². The van der Waals surface area contributed by atoms with Crippen LogP contribution in [-0.2, 0) is 0 Å². The van der Waals surface area contributed by atoms with E-state index in [1.54, 1.807) is 19.1 Å². The van der Waals surface area contributed by atoms with Crippen molar-refractivity contribution in [2.24, 2.45) is 5.11 Å². The summed E-state index contributed by atoms with van der Waals surface area (Å²) < 4.78 is 5.36. The Balaban J connectivity index is 2.53. The molecule has 0 saturated heterocycles. The molecule has 1 rings (SSSR count). The molecule has 0 aliphatic rings. The highest BCUT2D eigenvalue weighted by atomic mass is 16.6. The Hall–Kier alpha value is -2.27. The lowest BCUT2D eigenvalue weighted by atomic mass is 10.2. The van der Waals surface area contributed by atoms with Crippen LogP contribution in [-0.4, -0.2) is 18.1 Å². The number of hydrogen-bond acceptors (Lipinski definition) is 4. The second-order valence-electron chi connectivity index (χ2n) is 3.36. The summed E-state index contributed by atoms with van der Waals surface area (Å²) in [7, 11) is 0. The molecule has 0 atom stereocenters. The van der Waals surface area contributed by atoms with Crippen LogP contribution in [0.1, 0.15) is 12.0 Å². The summed E-state index contributed by atoms with van der Waals surface area (Å²) in [5, 5.41) is 14.0. The van der Waals surface area contributed by atoms with Gasteiger partial charge in [0.05, 0.1) is 11.5 Å². The molecule has 0 bridgehead atoms. The molecule has 7 heteroatoms. The minimum absolute atomic E-state index is 0.0754. The molecule has 1 aromatic rings. The number of nitro groups is 1. The Kier molecular flexibility index (Phi) is 4.77. The molecular weight excluding hydrogens is 224 g/mol. The molecule has 0 aliphatic heterocycles. The molecule has 0 aromatic heterocycles. The average Bonchev–Trinajstić information content (AvgIpc) is 2.28. The van der Waals surface area contributed by atoms with Crippen LogP contribution in [0.15, 0.2) is 23.3 Å². The summed E-state index contributed by atoms with van der Waals surface area (Å²) in [5.74, 6) is 0.578. The Morgan fingerprint density at radius 1 is 1.59 bits per heavy atom. The topological polar surface area (TPSA) is 101 Å². The van der Waals surface area contributed by atoms with Crippen LogP contribution < -0.4 is 4.74 Å². The normalized spacial score (nSPS) is 9.47. The fourth-order valence-electron chi connectivity index (χ4n) is 1.29. The zero-order valence-corrected chi connectivity index (χ0v) is 9.37. The third kappa shape index (κ3) is 4.00. The van der Waals surface area contributed by atoms with Crippen LogP contribution in [0, 0.1) is 17.0 Å². The minimum atomic E-state index is -0.430. The minimum Gasteiger partial charge on any atom is -0.494 e. The number of ether oxygens (including phenoxy) is 1. The van der Waals surface area contributed by atoms with E-state index < -0.39 is 4.92 Å². The van der Waals surface area contributed by atoms with Crippen molar-refractivity contribution in [3.63, 3.8) is 0 Å². The zero-order chi connectivity index (χ0) is 12.7. The van der Waals surface area contributed by atoms with Gasteiger partial charge in [-0.1, -0.05) is 5.11 Å². The Bertz CT molecular complexity index is 455. The molecule has 1 aromatic carbocycles. The van der Waals surface area contributed by atoms with Crippen molar-refractivity contribution in [3.8, 4) is 5.75 Å². The first-order valence-electron chi connectivity index (χ1n) is 5.04. The lowest BCUT2D eigenvalue weighted by Gasteiger charge is -2.05. The molecule has 0 radical (unpaired) electrons. The fraction of sp³-hybridized carbons (Fsp3) is 0.400. The highest BCUT2D eigenvalue weighted by Crippen LogP contribution is 2.22. The summed E-state index contributed by atoms with van der Waals surface area (Å²) in [6.07, 6.45) is 0.611. The average molecular weight is 236 g/mol. The molecule has 7 nitrogen and oxygen atoms in total. The van der Waals surface area contributed by atoms with Gasteiger partial charge in [-0.3, -0.25) is 10.1 Å². The van der Waals surface area contributed by atoms with Gasteiger partial charge in [0.15, 0.2) is 0 Å². The summed E-state index contributed by atoms with van der Waals surface area (Å²) in [4.78, 5) is 12.8. The number of azide groups is 1. The molecule has 0 unspecified atom stereocenters. The lowest BCUT2D eigenvalue weighted by Crippen LogP contribution is -1.99. The van der Waals surface area contributed by atoms with Crippen molar-refractivity contribution in [2.75, 3.05) is 13.2 Å². The number of hydrogen-bond donors (Lipinski definition) is 0. The van der Waals surface area contributed by atoms with E-state index in [4.69, 9.17) is 10.3 Å². The van der Waals surface area contributed by atoms with Gasteiger partial charge < -0.3 is 4.74 Å². The summed E-state index contributed by atoms with van der Waals surface area (Å²) in [5.41, 5.74) is 8.69. The number of nitro benzene ring substituents is 1. The maximum atomic E-state index is 10.6. The molecule has 0 fully saturated rings. The second-order valence-corrected chi connectivity index (χ2v) is 3.36. The van der Waals surface area contributed by atoms with Crippen LogP contribution in [0.2, 0.25) is 0 Å². The van der Waals surface area contributed by atoms with E-state index in [0.717, 1.165) is 0 Å². The van der Waals surface area contributed by atoms with Gasteiger partial charge in [-0.25, -0.2) is 0 Å². The lowest BCUT2D eigenvalue weighted by molar-refractivity contribution is -0.385. The van der Waals surface area contributed by atoms with Crippen molar-refractivity contribution in [1.29, 1.82) is 0 Å². The number of benzene rings is 1. The van der Waals surface area contributed by atoms with E-state index in [2.05, 4.69) is 10.0 Å². The van der Waals surface area contributed by atoms with Crippen LogP contribution in [0.25, 0.3) is 10.4 Å². The van der Waals surface area contributed by atoms with Crippen molar-refractivity contribution in [1.82, 2.24) is 0 Å². The molecule has 0 spiro atoms. The maximum Gasteiger partial charge on any atom is 0.272 e. The van der Waals surface area contributed by atoms with Gasteiger partial charge in [-0.15, -0.1) is 0 Å². The van der Waals surface area contributed by atoms with Gasteiger partial charge in [-0.2, -0.15) is 0 Å². The summed E-state index contributed by atoms with van der Waals surface area (Å²) >= 11 is 0. The third-order valence-corrected chi connectivity index (χ3v) is 2.10. The molecule has 90 valence electrons. The Morgan fingerprint density at radius 3 is 2.94 bits per heavy atom. The summed E-state index contributed by atoms with van der Waals surface area (Å²) in [6.45, 7) is 2.45. The smallest absolute Gasteiger partial charge is 0.272 e. The van der Waals surface area contributed by atoms with Crippen LogP contribution >= 0.6 is 0 Å². The first-order valence-corrected chi connectivity index (χ1v) is 5.04. The Labute approximate surface area is 97.8 Å². The molecule has 0 amide bonds. The van der Waals surface area contributed by atoms with Gasteiger partial charge in [-0.05, 0) is 31.0 Å². The molecule has 0 saturated carbocycles. The molecule has 0 N–H and O–H groups in total. The van der Waals surface area contributed by atoms with E-state index in [0.29, 0.717) is 30.9 Å². The highest BCUT2D eigenvalue weighted by molar-refractivity contribution is 5.44. The van der Waals surface area contributed by atoms with Gasteiger partial charge >= 0.3 is 0 Å². The predicted octanol–water partition coefficient (Wildman–Crippen LogP) is 2.98. The number of nitrogens with zero attached hydrogens (tertiary/aromatic N) is 4. The molecular formula is C10H12N4O3. The number of aryl methyl sites for hydroxylation is 1. The molecule has 17 heavy (non-hydrogen) atoms. The zero-order valence-electron chi connectivity index (χ0n) is 9.37. The van der Waals surface area contributed by atoms with Crippen molar-refractivity contribution in [2.45, 2.75) is 13.3 Å². The highest BCUT2D eigenvalue weighted by Gasteiger charge is 2.10. The van der Waals surface area contributed by atoms with E-state index in [1.165, 1.54) is 6.07 Å².